The molecule has 2 saturated heterocycles. The first-order chi connectivity index (χ1) is 9.16. The van der Waals surface area contributed by atoms with Crippen LogP contribution in [-0.4, -0.2) is 73.4 Å². The van der Waals surface area contributed by atoms with Crippen LogP contribution in [0.1, 0.15) is 26.2 Å². The van der Waals surface area contributed by atoms with Gasteiger partial charge in [-0.15, -0.1) is 0 Å². The van der Waals surface area contributed by atoms with Gasteiger partial charge in [-0.25, -0.2) is 0 Å². The third-order valence-corrected chi connectivity index (χ3v) is 4.31. The first-order valence-electron chi connectivity index (χ1n) is 7.42. The molecule has 2 rings (SSSR count). The molecule has 5 nitrogen and oxygen atoms in total. The highest BCUT2D eigenvalue weighted by molar-refractivity contribution is 5.75. The van der Waals surface area contributed by atoms with Gasteiger partial charge in [0.15, 0.2) is 0 Å². The molecular weight excluding hydrogens is 244 g/mol. The zero-order chi connectivity index (χ0) is 13.7. The van der Waals surface area contributed by atoms with E-state index in [1.807, 2.05) is 0 Å². The topological polar surface area (TPSA) is 53.0 Å². The van der Waals surface area contributed by atoms with Crippen molar-refractivity contribution in [2.75, 3.05) is 52.5 Å². The molecule has 0 spiro atoms. The van der Waals surface area contributed by atoms with E-state index in [1.165, 1.54) is 6.42 Å². The maximum absolute atomic E-state index is 11.6. The van der Waals surface area contributed by atoms with Crippen LogP contribution in [0.15, 0.2) is 0 Å². The minimum atomic E-state index is -0.691. The predicted octanol–water partition coefficient (Wildman–Crippen LogP) is 0.895. The van der Waals surface area contributed by atoms with E-state index >= 15 is 0 Å². The van der Waals surface area contributed by atoms with Crippen molar-refractivity contribution in [3.8, 4) is 0 Å². The number of piperazine rings is 1. The molecule has 2 fully saturated rings. The number of ether oxygens (including phenoxy) is 1. The number of hydrogen-bond donors (Lipinski definition) is 1. The molecule has 0 aromatic rings. The largest absolute Gasteiger partial charge is 0.481 e. The van der Waals surface area contributed by atoms with Crippen LogP contribution < -0.4 is 0 Å². The zero-order valence-electron chi connectivity index (χ0n) is 11.9. The van der Waals surface area contributed by atoms with Gasteiger partial charge in [0.2, 0.25) is 0 Å². The van der Waals surface area contributed by atoms with Gasteiger partial charge in [-0.2, -0.15) is 0 Å². The van der Waals surface area contributed by atoms with Crippen molar-refractivity contribution >= 4 is 5.97 Å². The number of aliphatic carboxylic acids is 1. The molecule has 2 aliphatic heterocycles. The standard InChI is InChI=1S/C14H26N2O3/c1-2-5-15-6-8-16(9-7-15)11-14(13(17)18)4-3-10-19-12-14/h2-12H2,1H3,(H,17,18). The first kappa shape index (κ1) is 14.8. The molecule has 0 radical (unpaired) electrons. The fourth-order valence-corrected chi connectivity index (χ4v) is 3.13. The van der Waals surface area contributed by atoms with Gasteiger partial charge < -0.3 is 14.7 Å². The summed E-state index contributed by atoms with van der Waals surface area (Å²) < 4.78 is 5.43. The summed E-state index contributed by atoms with van der Waals surface area (Å²) >= 11 is 0. The van der Waals surface area contributed by atoms with Crippen molar-refractivity contribution in [2.45, 2.75) is 26.2 Å². The zero-order valence-corrected chi connectivity index (χ0v) is 11.9. The molecular formula is C14H26N2O3. The molecule has 2 heterocycles. The Kier molecular flexibility index (Phi) is 5.19. The van der Waals surface area contributed by atoms with E-state index in [2.05, 4.69) is 16.7 Å². The van der Waals surface area contributed by atoms with Crippen LogP contribution in [-0.2, 0) is 9.53 Å². The minimum Gasteiger partial charge on any atom is -0.481 e. The maximum Gasteiger partial charge on any atom is 0.313 e. The molecule has 0 bridgehead atoms. The normalized spacial score (nSPS) is 30.4. The van der Waals surface area contributed by atoms with Gasteiger partial charge in [0, 0.05) is 39.3 Å². The SMILES string of the molecule is CCCN1CCN(CC2(C(=O)O)CCCOC2)CC1. The molecule has 0 amide bonds. The second-order valence-corrected chi connectivity index (χ2v) is 5.86. The van der Waals surface area contributed by atoms with E-state index in [9.17, 15) is 9.90 Å². The molecule has 0 aromatic carbocycles. The number of carboxylic acid groups (broad SMARTS) is 1. The lowest BCUT2D eigenvalue weighted by atomic mass is 9.82. The van der Waals surface area contributed by atoms with Crippen molar-refractivity contribution in [2.24, 2.45) is 5.41 Å². The summed E-state index contributed by atoms with van der Waals surface area (Å²) in [5.41, 5.74) is -0.675. The van der Waals surface area contributed by atoms with Crippen LogP contribution in [0, 0.1) is 5.41 Å². The van der Waals surface area contributed by atoms with Crippen molar-refractivity contribution in [3.63, 3.8) is 0 Å². The smallest absolute Gasteiger partial charge is 0.313 e. The van der Waals surface area contributed by atoms with Gasteiger partial charge in [-0.1, -0.05) is 6.92 Å². The lowest BCUT2D eigenvalue weighted by Gasteiger charge is -2.41. The molecule has 1 N–H and O–H groups in total. The van der Waals surface area contributed by atoms with Gasteiger partial charge in [0.1, 0.15) is 5.41 Å². The summed E-state index contributed by atoms with van der Waals surface area (Å²) in [5.74, 6) is -0.691. The molecule has 5 heteroatoms. The van der Waals surface area contributed by atoms with E-state index in [-0.39, 0.29) is 0 Å². The Hall–Kier alpha value is -0.650. The van der Waals surface area contributed by atoms with E-state index < -0.39 is 11.4 Å². The Morgan fingerprint density at radius 3 is 2.47 bits per heavy atom. The lowest BCUT2D eigenvalue weighted by Crippen LogP contribution is -2.54. The fraction of sp³-hybridized carbons (Fsp3) is 0.929. The lowest BCUT2D eigenvalue weighted by molar-refractivity contribution is -0.159. The number of nitrogens with zero attached hydrogens (tertiary/aromatic N) is 2. The van der Waals surface area contributed by atoms with E-state index in [0.717, 1.165) is 45.6 Å². The molecule has 0 saturated carbocycles. The molecule has 1 unspecified atom stereocenters. The molecule has 19 heavy (non-hydrogen) atoms. The maximum atomic E-state index is 11.6. The highest BCUT2D eigenvalue weighted by atomic mass is 16.5. The molecule has 1 atom stereocenters. The average Bonchev–Trinajstić information content (AvgIpc) is 2.42. The van der Waals surface area contributed by atoms with Gasteiger partial charge in [0.05, 0.1) is 6.61 Å². The Morgan fingerprint density at radius 2 is 1.95 bits per heavy atom. The third-order valence-electron chi connectivity index (χ3n) is 4.31. The van der Waals surface area contributed by atoms with Crippen LogP contribution >= 0.6 is 0 Å². The highest BCUT2D eigenvalue weighted by Gasteiger charge is 2.42. The van der Waals surface area contributed by atoms with E-state index in [4.69, 9.17) is 4.74 Å². The second kappa shape index (κ2) is 6.68. The average molecular weight is 270 g/mol. The van der Waals surface area contributed by atoms with Crippen LogP contribution in [0.3, 0.4) is 0 Å². The van der Waals surface area contributed by atoms with Crippen molar-refractivity contribution < 1.29 is 14.6 Å². The van der Waals surface area contributed by atoms with Gasteiger partial charge in [0.25, 0.3) is 0 Å². The van der Waals surface area contributed by atoms with Gasteiger partial charge in [-0.3, -0.25) is 9.69 Å². The minimum absolute atomic E-state index is 0.373. The first-order valence-corrected chi connectivity index (χ1v) is 7.42. The Balaban J connectivity index is 1.87. The van der Waals surface area contributed by atoms with Crippen LogP contribution in [0.5, 0.6) is 0 Å². The summed E-state index contributed by atoms with van der Waals surface area (Å²) in [6, 6.07) is 0. The van der Waals surface area contributed by atoms with Gasteiger partial charge in [-0.05, 0) is 25.8 Å². The summed E-state index contributed by atoms with van der Waals surface area (Å²) in [4.78, 5) is 16.4. The molecule has 0 aliphatic carbocycles. The molecule has 110 valence electrons. The third kappa shape index (κ3) is 3.68. The van der Waals surface area contributed by atoms with E-state index in [0.29, 0.717) is 19.8 Å². The van der Waals surface area contributed by atoms with Crippen LogP contribution in [0.2, 0.25) is 0 Å². The van der Waals surface area contributed by atoms with Crippen LogP contribution in [0.4, 0.5) is 0 Å². The molecule has 0 aromatic heterocycles. The number of carboxylic acids is 1. The van der Waals surface area contributed by atoms with Gasteiger partial charge >= 0.3 is 5.97 Å². The van der Waals surface area contributed by atoms with Crippen LogP contribution in [0.25, 0.3) is 0 Å². The summed E-state index contributed by atoms with van der Waals surface area (Å²) in [5, 5.41) is 9.54. The Labute approximate surface area is 115 Å². The Bertz CT molecular complexity index is 295. The monoisotopic (exact) mass is 270 g/mol. The summed E-state index contributed by atoms with van der Waals surface area (Å²) in [7, 11) is 0. The Morgan fingerprint density at radius 1 is 1.26 bits per heavy atom. The van der Waals surface area contributed by atoms with Crippen molar-refractivity contribution in [3.05, 3.63) is 0 Å². The quantitative estimate of drug-likeness (QED) is 0.804. The predicted molar refractivity (Wildman–Crippen MR) is 73.3 cm³/mol. The summed E-state index contributed by atoms with van der Waals surface area (Å²) in [6.45, 7) is 9.16. The van der Waals surface area contributed by atoms with Crippen molar-refractivity contribution in [1.82, 2.24) is 9.80 Å². The fourth-order valence-electron chi connectivity index (χ4n) is 3.13. The van der Waals surface area contributed by atoms with Crippen molar-refractivity contribution in [1.29, 1.82) is 0 Å². The number of carbonyl (C=O) groups is 1. The summed E-state index contributed by atoms with van der Waals surface area (Å²) in [6.07, 6.45) is 2.80. The highest BCUT2D eigenvalue weighted by Crippen LogP contribution is 2.30. The number of rotatable bonds is 5. The number of hydrogen-bond acceptors (Lipinski definition) is 4. The van der Waals surface area contributed by atoms with E-state index in [1.54, 1.807) is 0 Å². The molecule has 2 aliphatic rings. The second-order valence-electron chi connectivity index (χ2n) is 5.86.